The highest BCUT2D eigenvalue weighted by Crippen LogP contribution is 2.29. The van der Waals surface area contributed by atoms with Crippen LogP contribution in [-0.2, 0) is 10.0 Å². The van der Waals surface area contributed by atoms with Gasteiger partial charge >= 0.3 is 0 Å². The Kier molecular flexibility index (Phi) is 5.68. The monoisotopic (exact) mass is 374 g/mol. The summed E-state index contributed by atoms with van der Waals surface area (Å²) in [6.45, 7) is 1.06. The Morgan fingerprint density at radius 1 is 1.29 bits per heavy atom. The molecule has 0 spiro atoms. The number of hydrogen-bond donors (Lipinski definition) is 0. The molecule has 0 aliphatic carbocycles. The number of sulfonamides is 1. The average molecular weight is 375 g/mol. The zero-order valence-electron chi connectivity index (χ0n) is 12.6. The lowest BCUT2D eigenvalue weighted by atomic mass is 10.1. The number of anilines is 1. The Balaban J connectivity index is 2.15. The van der Waals surface area contributed by atoms with E-state index in [1.54, 1.807) is 26.2 Å². The Morgan fingerprint density at radius 3 is 2.52 bits per heavy atom. The van der Waals surface area contributed by atoms with Crippen molar-refractivity contribution >= 4 is 31.6 Å². The smallest absolute Gasteiger partial charge is 0.242 e. The summed E-state index contributed by atoms with van der Waals surface area (Å²) < 4.78 is 25.4. The van der Waals surface area contributed by atoms with Crippen LogP contribution in [0.5, 0.6) is 0 Å². The predicted octanol–water partition coefficient (Wildman–Crippen LogP) is 3.08. The molecule has 21 heavy (non-hydrogen) atoms. The molecule has 1 saturated heterocycles. The zero-order valence-corrected chi connectivity index (χ0v) is 15.0. The molecule has 1 aromatic carbocycles. The third-order valence-corrected chi connectivity index (χ3v) is 6.39. The van der Waals surface area contributed by atoms with E-state index in [4.69, 9.17) is 0 Å². The number of alkyl halides is 1. The topological polar surface area (TPSA) is 40.6 Å². The first-order chi connectivity index (χ1) is 9.96. The van der Waals surface area contributed by atoms with Gasteiger partial charge in [0, 0.05) is 37.7 Å². The van der Waals surface area contributed by atoms with Gasteiger partial charge < -0.3 is 4.90 Å². The van der Waals surface area contributed by atoms with E-state index in [2.05, 4.69) is 20.8 Å². The second-order valence-electron chi connectivity index (χ2n) is 5.60. The van der Waals surface area contributed by atoms with Crippen LogP contribution in [0.4, 0.5) is 5.69 Å². The molecule has 1 aliphatic heterocycles. The lowest BCUT2D eigenvalue weighted by Gasteiger charge is -2.27. The molecule has 2 rings (SSSR count). The van der Waals surface area contributed by atoms with E-state index < -0.39 is 10.0 Å². The highest BCUT2D eigenvalue weighted by molar-refractivity contribution is 9.09. The minimum atomic E-state index is -3.34. The van der Waals surface area contributed by atoms with E-state index in [1.807, 2.05) is 12.1 Å². The lowest BCUT2D eigenvalue weighted by molar-refractivity contribution is 0.520. The molecule has 1 fully saturated rings. The molecule has 1 aromatic rings. The van der Waals surface area contributed by atoms with Gasteiger partial charge in [-0.3, -0.25) is 0 Å². The molecule has 0 radical (unpaired) electrons. The van der Waals surface area contributed by atoms with Crippen molar-refractivity contribution in [3.05, 3.63) is 24.3 Å². The third kappa shape index (κ3) is 3.79. The van der Waals surface area contributed by atoms with Gasteiger partial charge in [-0.2, -0.15) is 0 Å². The van der Waals surface area contributed by atoms with Gasteiger partial charge in [0.2, 0.25) is 10.0 Å². The maximum Gasteiger partial charge on any atom is 0.242 e. The zero-order chi connectivity index (χ0) is 15.5. The second kappa shape index (κ2) is 7.11. The lowest BCUT2D eigenvalue weighted by Crippen LogP contribution is -2.29. The van der Waals surface area contributed by atoms with E-state index in [0.717, 1.165) is 17.6 Å². The normalized spacial score (nSPS) is 19.4. The summed E-state index contributed by atoms with van der Waals surface area (Å²) >= 11 is 3.49. The molecule has 0 N–H and O–H groups in total. The van der Waals surface area contributed by atoms with Crippen LogP contribution in [0.3, 0.4) is 0 Å². The fourth-order valence-corrected chi connectivity index (χ4v) is 4.03. The van der Waals surface area contributed by atoms with Gasteiger partial charge in [-0.1, -0.05) is 15.9 Å². The van der Waals surface area contributed by atoms with Gasteiger partial charge in [0.1, 0.15) is 0 Å². The largest absolute Gasteiger partial charge is 0.369 e. The summed E-state index contributed by atoms with van der Waals surface area (Å²) in [7, 11) is -0.225. The second-order valence-corrected chi connectivity index (χ2v) is 8.55. The Labute approximate surface area is 136 Å². The molecule has 1 aliphatic rings. The van der Waals surface area contributed by atoms with Crippen molar-refractivity contribution in [2.24, 2.45) is 0 Å². The van der Waals surface area contributed by atoms with Crippen LogP contribution in [0, 0.1) is 0 Å². The average Bonchev–Trinajstić information content (AvgIpc) is 2.93. The van der Waals surface area contributed by atoms with Gasteiger partial charge in [0.15, 0.2) is 0 Å². The maximum absolute atomic E-state index is 12.1. The fraction of sp³-hybridized carbons (Fsp3) is 0.600. The molecule has 0 aromatic heterocycles. The van der Waals surface area contributed by atoms with Crippen molar-refractivity contribution in [2.45, 2.75) is 36.6 Å². The van der Waals surface area contributed by atoms with Gasteiger partial charge in [0.25, 0.3) is 0 Å². The third-order valence-electron chi connectivity index (χ3n) is 4.00. The molecule has 4 nitrogen and oxygen atoms in total. The van der Waals surface area contributed by atoms with Crippen LogP contribution in [0.1, 0.15) is 25.7 Å². The molecule has 1 atom stereocenters. The van der Waals surface area contributed by atoms with Crippen LogP contribution in [-0.4, -0.2) is 44.7 Å². The summed E-state index contributed by atoms with van der Waals surface area (Å²) in [6.07, 6.45) is 4.80. The van der Waals surface area contributed by atoms with E-state index in [9.17, 15) is 8.42 Å². The molecule has 0 saturated carbocycles. The highest BCUT2D eigenvalue weighted by Gasteiger charge is 2.25. The molecular weight excluding hydrogens is 352 g/mol. The summed E-state index contributed by atoms with van der Waals surface area (Å²) in [4.78, 5) is 2.77. The summed E-state index contributed by atoms with van der Waals surface area (Å²) in [5, 5.41) is 1.04. The number of halogens is 1. The van der Waals surface area contributed by atoms with Crippen LogP contribution in [0.15, 0.2) is 29.2 Å². The Morgan fingerprint density at radius 2 is 1.95 bits per heavy atom. The van der Waals surface area contributed by atoms with E-state index in [1.165, 1.54) is 30.0 Å². The summed E-state index contributed by atoms with van der Waals surface area (Å²) in [5.74, 6) is 0. The minimum Gasteiger partial charge on any atom is -0.369 e. The molecule has 0 bridgehead atoms. The minimum absolute atomic E-state index is 0.354. The predicted molar refractivity (Wildman–Crippen MR) is 90.7 cm³/mol. The van der Waals surface area contributed by atoms with Crippen LogP contribution < -0.4 is 4.90 Å². The summed E-state index contributed by atoms with van der Waals surface area (Å²) in [6, 6.07) is 7.87. The van der Waals surface area contributed by atoms with Gasteiger partial charge in [0.05, 0.1) is 4.90 Å². The first-order valence-electron chi connectivity index (χ1n) is 7.32. The number of hydrogen-bond acceptors (Lipinski definition) is 3. The number of benzene rings is 1. The fourth-order valence-electron chi connectivity index (χ4n) is 2.81. The van der Waals surface area contributed by atoms with Crippen molar-refractivity contribution in [1.29, 1.82) is 0 Å². The first-order valence-corrected chi connectivity index (χ1v) is 9.88. The Bertz CT molecular complexity index is 558. The highest BCUT2D eigenvalue weighted by atomic mass is 79.9. The number of nitrogens with zero attached hydrogens (tertiary/aromatic N) is 2. The quantitative estimate of drug-likeness (QED) is 0.718. The van der Waals surface area contributed by atoms with E-state index in [-0.39, 0.29) is 0 Å². The van der Waals surface area contributed by atoms with Gasteiger partial charge in [-0.25, -0.2) is 12.7 Å². The van der Waals surface area contributed by atoms with Crippen LogP contribution in [0.2, 0.25) is 0 Å². The first kappa shape index (κ1) is 16.8. The molecule has 1 unspecified atom stereocenters. The molecule has 6 heteroatoms. The Hall–Kier alpha value is -0.590. The van der Waals surface area contributed by atoms with Crippen LogP contribution in [0.25, 0.3) is 0 Å². The summed E-state index contributed by atoms with van der Waals surface area (Å²) in [5.41, 5.74) is 1.13. The molecule has 0 amide bonds. The van der Waals surface area contributed by atoms with Crippen LogP contribution >= 0.6 is 15.9 Å². The standard InChI is InChI=1S/C15H23BrN2O2S/c1-17(2)21(19,20)15-9-7-14(8-10-15)18-12-4-6-13(18)5-3-11-16/h7-10,13H,3-6,11-12H2,1-2H3. The molecule has 118 valence electrons. The SMILES string of the molecule is CN(C)S(=O)(=O)c1ccc(N2CCCC2CCCBr)cc1. The van der Waals surface area contributed by atoms with Crippen molar-refractivity contribution < 1.29 is 8.42 Å². The maximum atomic E-state index is 12.1. The number of rotatable bonds is 6. The van der Waals surface area contributed by atoms with Crippen molar-refractivity contribution in [3.63, 3.8) is 0 Å². The molecular formula is C15H23BrN2O2S. The van der Waals surface area contributed by atoms with E-state index >= 15 is 0 Å². The van der Waals surface area contributed by atoms with Crippen molar-refractivity contribution in [3.8, 4) is 0 Å². The van der Waals surface area contributed by atoms with Crippen molar-refractivity contribution in [1.82, 2.24) is 4.31 Å². The van der Waals surface area contributed by atoms with Gasteiger partial charge in [-0.05, 0) is 49.9 Å². The molecule has 1 heterocycles. The van der Waals surface area contributed by atoms with Crippen molar-refractivity contribution in [2.75, 3.05) is 30.9 Å². The van der Waals surface area contributed by atoms with E-state index in [0.29, 0.717) is 10.9 Å². The van der Waals surface area contributed by atoms with Gasteiger partial charge in [-0.15, -0.1) is 0 Å².